The molecule has 1 N–H and O–H groups in total. The highest BCUT2D eigenvalue weighted by Gasteiger charge is 2.45. The molecular weight excluding hydrogens is 308 g/mol. The Morgan fingerprint density at radius 1 is 1.53 bits per heavy atom. The average molecular weight is 321 g/mol. The van der Waals surface area contributed by atoms with Gasteiger partial charge >= 0.3 is 0 Å². The number of nitrogens with one attached hydrogen (secondary N) is 1. The summed E-state index contributed by atoms with van der Waals surface area (Å²) in [6.45, 7) is 3.95. The van der Waals surface area contributed by atoms with Crippen LogP contribution < -0.4 is 10.1 Å². The molecule has 4 rings (SSSR count). The topological polar surface area (TPSA) is 52.0 Å². The largest absolute Gasteiger partial charge is 0.466 e. The molecule has 0 aliphatic carbocycles. The van der Waals surface area contributed by atoms with E-state index in [2.05, 4.69) is 44.3 Å². The van der Waals surface area contributed by atoms with Crippen LogP contribution in [0.5, 0.6) is 5.75 Å². The smallest absolute Gasteiger partial charge is 0.225 e. The Bertz CT molecular complexity index is 683. The van der Waals surface area contributed by atoms with Gasteiger partial charge in [0.1, 0.15) is 11.6 Å². The molecule has 0 saturated carbocycles. The Kier molecular flexibility index (Phi) is 2.08. The van der Waals surface area contributed by atoms with E-state index < -0.39 is 5.72 Å². The van der Waals surface area contributed by atoms with Crippen molar-refractivity contribution in [3.63, 3.8) is 0 Å². The van der Waals surface area contributed by atoms with Gasteiger partial charge in [-0.2, -0.15) is 14.8 Å². The lowest BCUT2D eigenvalue weighted by Gasteiger charge is -2.44. The van der Waals surface area contributed by atoms with Crippen LogP contribution in [0.4, 0.5) is 5.95 Å². The van der Waals surface area contributed by atoms with Crippen LogP contribution in [0.3, 0.4) is 0 Å². The second-order valence-corrected chi connectivity index (χ2v) is 6.17. The van der Waals surface area contributed by atoms with E-state index in [-0.39, 0.29) is 6.04 Å². The molecule has 0 unspecified atom stereocenters. The summed E-state index contributed by atoms with van der Waals surface area (Å²) in [5, 5.41) is 7.89. The highest BCUT2D eigenvalue weighted by atomic mass is 79.9. The van der Waals surface area contributed by atoms with Gasteiger partial charge in [-0.1, -0.05) is 15.9 Å². The zero-order valence-corrected chi connectivity index (χ0v) is 12.2. The first-order valence-electron chi connectivity index (χ1n) is 6.24. The Labute approximate surface area is 119 Å². The first kappa shape index (κ1) is 11.3. The molecule has 0 radical (unpaired) electrons. The molecule has 2 bridgehead atoms. The van der Waals surface area contributed by atoms with Crippen molar-refractivity contribution in [3.05, 3.63) is 34.1 Å². The summed E-state index contributed by atoms with van der Waals surface area (Å²) in [5.41, 5.74) is 0.701. The van der Waals surface area contributed by atoms with Gasteiger partial charge < -0.3 is 10.1 Å². The molecule has 2 aliphatic heterocycles. The highest BCUT2D eigenvalue weighted by Crippen LogP contribution is 2.47. The number of aryl methyl sites for hydroxylation is 1. The standard InChI is InChI=1S/C13H13BrN4O/c1-7-15-12-16-10-6-13(2,18(12)17-7)19-11-4-3-8(14)5-9(10)11/h3-5,10H,6H2,1-2H3,(H,15,16,17)/t10-,13-/m0/s1. The maximum atomic E-state index is 6.18. The van der Waals surface area contributed by atoms with Gasteiger partial charge in [0.15, 0.2) is 0 Å². The summed E-state index contributed by atoms with van der Waals surface area (Å²) in [7, 11) is 0. The summed E-state index contributed by atoms with van der Waals surface area (Å²) in [5.74, 6) is 2.44. The van der Waals surface area contributed by atoms with Crippen LogP contribution in [0.2, 0.25) is 0 Å². The van der Waals surface area contributed by atoms with Crippen LogP contribution in [0.15, 0.2) is 22.7 Å². The number of nitrogens with zero attached hydrogens (tertiary/aromatic N) is 3. The van der Waals surface area contributed by atoms with Crippen LogP contribution in [0.1, 0.15) is 30.8 Å². The number of rotatable bonds is 0. The second-order valence-electron chi connectivity index (χ2n) is 5.25. The van der Waals surface area contributed by atoms with Gasteiger partial charge in [0.25, 0.3) is 0 Å². The average Bonchev–Trinajstić information content (AvgIpc) is 2.72. The third kappa shape index (κ3) is 1.52. The van der Waals surface area contributed by atoms with Crippen molar-refractivity contribution in [1.82, 2.24) is 14.8 Å². The number of anilines is 1. The molecule has 1 aromatic carbocycles. The van der Waals surface area contributed by atoms with Crippen molar-refractivity contribution in [1.29, 1.82) is 0 Å². The Hall–Kier alpha value is -1.56. The molecule has 0 amide bonds. The van der Waals surface area contributed by atoms with Crippen molar-refractivity contribution in [2.24, 2.45) is 0 Å². The number of ether oxygens (including phenoxy) is 1. The van der Waals surface area contributed by atoms with Gasteiger partial charge in [-0.3, -0.25) is 0 Å². The second kappa shape index (κ2) is 3.50. The van der Waals surface area contributed by atoms with Crippen LogP contribution in [-0.4, -0.2) is 14.8 Å². The minimum Gasteiger partial charge on any atom is -0.466 e. The predicted molar refractivity (Wildman–Crippen MR) is 74.2 cm³/mol. The van der Waals surface area contributed by atoms with Crippen molar-refractivity contribution >= 4 is 21.9 Å². The monoisotopic (exact) mass is 320 g/mol. The maximum absolute atomic E-state index is 6.18. The lowest BCUT2D eigenvalue weighted by Crippen LogP contribution is -2.47. The van der Waals surface area contributed by atoms with E-state index in [0.29, 0.717) is 0 Å². The zero-order valence-electron chi connectivity index (χ0n) is 10.6. The fourth-order valence-corrected chi connectivity index (χ4v) is 3.28. The fourth-order valence-electron chi connectivity index (χ4n) is 2.90. The molecule has 2 atom stereocenters. The first-order chi connectivity index (χ1) is 9.05. The zero-order chi connectivity index (χ0) is 13.2. The number of halogens is 1. The quantitative estimate of drug-likeness (QED) is 0.810. The number of aromatic nitrogens is 3. The van der Waals surface area contributed by atoms with Crippen molar-refractivity contribution in [2.75, 3.05) is 5.32 Å². The van der Waals surface area contributed by atoms with E-state index in [9.17, 15) is 0 Å². The molecule has 0 spiro atoms. The molecule has 2 aromatic rings. The maximum Gasteiger partial charge on any atom is 0.225 e. The van der Waals surface area contributed by atoms with Crippen molar-refractivity contribution in [2.45, 2.75) is 32.0 Å². The molecule has 3 heterocycles. The SMILES string of the molecule is Cc1nc2n(n1)[C@]1(C)C[C@H](N2)c2cc(Br)ccc2O1. The summed E-state index contributed by atoms with van der Waals surface area (Å²) < 4.78 is 9.09. The van der Waals surface area contributed by atoms with E-state index in [1.807, 2.05) is 23.7 Å². The normalized spacial score (nSPS) is 27.0. The van der Waals surface area contributed by atoms with Gasteiger partial charge in [0.05, 0.1) is 6.04 Å². The van der Waals surface area contributed by atoms with Crippen LogP contribution in [0.25, 0.3) is 0 Å². The lowest BCUT2D eigenvalue weighted by molar-refractivity contribution is -0.0347. The first-order valence-corrected chi connectivity index (χ1v) is 7.04. The summed E-state index contributed by atoms with van der Waals surface area (Å²) in [6, 6.07) is 6.31. The van der Waals surface area contributed by atoms with Crippen LogP contribution >= 0.6 is 15.9 Å². The molecule has 2 aliphatic rings. The predicted octanol–water partition coefficient (Wildman–Crippen LogP) is 2.97. The molecule has 1 aromatic heterocycles. The fraction of sp³-hybridized carbons (Fsp3) is 0.385. The Morgan fingerprint density at radius 3 is 3.21 bits per heavy atom. The number of hydrogen-bond acceptors (Lipinski definition) is 4. The van der Waals surface area contributed by atoms with Gasteiger partial charge in [-0.05, 0) is 32.0 Å². The van der Waals surface area contributed by atoms with Gasteiger partial charge in [-0.15, -0.1) is 0 Å². The number of benzene rings is 1. The molecule has 6 heteroatoms. The van der Waals surface area contributed by atoms with E-state index in [4.69, 9.17) is 4.74 Å². The molecule has 5 nitrogen and oxygen atoms in total. The van der Waals surface area contributed by atoms with Crippen LogP contribution in [0, 0.1) is 6.92 Å². The van der Waals surface area contributed by atoms with Gasteiger partial charge in [-0.25, -0.2) is 0 Å². The summed E-state index contributed by atoms with van der Waals surface area (Å²) >= 11 is 3.51. The molecular formula is C13H13BrN4O. The Balaban J connectivity index is 1.90. The number of hydrogen-bond donors (Lipinski definition) is 1. The van der Waals surface area contributed by atoms with E-state index in [0.717, 1.165) is 28.4 Å². The highest BCUT2D eigenvalue weighted by molar-refractivity contribution is 9.10. The van der Waals surface area contributed by atoms with E-state index in [1.54, 1.807) is 0 Å². The third-order valence-corrected chi connectivity index (χ3v) is 4.22. The molecule has 0 fully saturated rings. The van der Waals surface area contributed by atoms with E-state index in [1.165, 1.54) is 5.56 Å². The van der Waals surface area contributed by atoms with Gasteiger partial charge in [0.2, 0.25) is 11.7 Å². The summed E-state index contributed by atoms with van der Waals surface area (Å²) in [6.07, 6.45) is 0.840. The molecule has 98 valence electrons. The summed E-state index contributed by atoms with van der Waals surface area (Å²) in [4.78, 5) is 4.42. The minimum absolute atomic E-state index is 0.211. The third-order valence-electron chi connectivity index (χ3n) is 3.72. The Morgan fingerprint density at radius 2 is 2.37 bits per heavy atom. The number of fused-ring (bicyclic) bond motifs is 6. The van der Waals surface area contributed by atoms with Crippen molar-refractivity contribution < 1.29 is 4.74 Å². The lowest BCUT2D eigenvalue weighted by atomic mass is 9.92. The minimum atomic E-state index is -0.465. The van der Waals surface area contributed by atoms with Crippen molar-refractivity contribution in [3.8, 4) is 5.75 Å². The molecule has 0 saturated heterocycles. The van der Waals surface area contributed by atoms with E-state index >= 15 is 0 Å². The van der Waals surface area contributed by atoms with Crippen LogP contribution in [-0.2, 0) is 5.72 Å². The molecule has 19 heavy (non-hydrogen) atoms. The van der Waals surface area contributed by atoms with Gasteiger partial charge in [0, 0.05) is 16.5 Å².